The van der Waals surface area contributed by atoms with Crippen LogP contribution in [0.2, 0.25) is 0 Å². The Morgan fingerprint density at radius 2 is 2.09 bits per heavy atom. The van der Waals surface area contributed by atoms with E-state index in [0.29, 0.717) is 13.2 Å². The molecule has 0 saturated carbocycles. The van der Waals surface area contributed by atoms with Crippen molar-refractivity contribution in [1.29, 1.82) is 0 Å². The van der Waals surface area contributed by atoms with Crippen molar-refractivity contribution in [2.24, 2.45) is 5.92 Å². The van der Waals surface area contributed by atoms with E-state index in [0.717, 1.165) is 12.8 Å². The lowest BCUT2D eigenvalue weighted by atomic mass is 10.1. The van der Waals surface area contributed by atoms with Crippen molar-refractivity contribution in [1.82, 2.24) is 10.3 Å². The summed E-state index contributed by atoms with van der Waals surface area (Å²) in [6.07, 6.45) is 1.60. The number of cyclic esters (lactones) is 1. The van der Waals surface area contributed by atoms with Crippen molar-refractivity contribution in [2.45, 2.75) is 64.9 Å². The van der Waals surface area contributed by atoms with Crippen LogP contribution in [-0.4, -0.2) is 79.9 Å². The van der Waals surface area contributed by atoms with Gasteiger partial charge >= 0.3 is 5.97 Å². The van der Waals surface area contributed by atoms with E-state index in [4.69, 9.17) is 23.7 Å². The molecule has 2 rings (SSSR count). The zero-order valence-electron chi connectivity index (χ0n) is 20.0. The molecule has 4 atom stereocenters. The molecule has 0 radical (unpaired) electrons. The van der Waals surface area contributed by atoms with Crippen LogP contribution in [0.1, 0.15) is 51.0 Å². The molecule has 10 nitrogen and oxygen atoms in total. The molecule has 0 aliphatic carbocycles. The fraction of sp³-hybridized carbons (Fsp3) is 0.696. The molecule has 0 unspecified atom stereocenters. The third-order valence-corrected chi connectivity index (χ3v) is 5.06. The van der Waals surface area contributed by atoms with Crippen molar-refractivity contribution in [2.75, 3.05) is 33.5 Å². The highest BCUT2D eigenvalue weighted by Crippen LogP contribution is 2.27. The Bertz CT molecular complexity index is 773. The number of esters is 1. The van der Waals surface area contributed by atoms with Crippen molar-refractivity contribution in [3.05, 3.63) is 18.0 Å². The molecule has 1 amide bonds. The lowest BCUT2D eigenvalue weighted by Crippen LogP contribution is -2.47. The number of methoxy groups -OCH3 is 1. The van der Waals surface area contributed by atoms with Gasteiger partial charge in [0.05, 0.1) is 20.3 Å². The molecule has 33 heavy (non-hydrogen) atoms. The molecule has 1 saturated heterocycles. The first-order valence-electron chi connectivity index (χ1n) is 11.3. The first-order valence-corrected chi connectivity index (χ1v) is 11.3. The number of rotatable bonds is 10. The number of ether oxygens (including phenoxy) is 5. The van der Waals surface area contributed by atoms with Gasteiger partial charge in [0.25, 0.3) is 5.91 Å². The first kappa shape index (κ1) is 26.8. The minimum absolute atomic E-state index is 0.0919. The molecule has 1 aliphatic rings. The largest absolute Gasteiger partial charge is 0.503 e. The van der Waals surface area contributed by atoms with Crippen LogP contribution in [0.5, 0.6) is 11.5 Å². The molecule has 2 heterocycles. The number of aromatic nitrogens is 1. The fourth-order valence-corrected chi connectivity index (χ4v) is 3.26. The molecular formula is C23H36N2O8. The van der Waals surface area contributed by atoms with Crippen molar-refractivity contribution in [3.63, 3.8) is 0 Å². The highest BCUT2D eigenvalue weighted by molar-refractivity contribution is 5.98. The standard InChI is InChI=1S/C23H36N2O8/c1-6-7-10-31-18-13-30-12-16(23(28)33-15(4)21(18)32-11-14(2)3)25-22(27)19-20(26)17(29-5)8-9-24-19/h8-9,14-16,18,21,26H,6-7,10-13H2,1-5H3,(H,25,27)/t15-,16-,18-,21-/m0/s1. The number of hydrogen-bond acceptors (Lipinski definition) is 9. The Kier molecular flexibility index (Phi) is 10.8. The van der Waals surface area contributed by atoms with Crippen LogP contribution in [0, 0.1) is 5.92 Å². The number of nitrogens with zero attached hydrogens (tertiary/aromatic N) is 1. The Labute approximate surface area is 194 Å². The van der Waals surface area contributed by atoms with Crippen molar-refractivity contribution < 1.29 is 38.4 Å². The zero-order valence-corrected chi connectivity index (χ0v) is 20.0. The van der Waals surface area contributed by atoms with E-state index in [2.05, 4.69) is 17.2 Å². The predicted molar refractivity (Wildman–Crippen MR) is 119 cm³/mol. The van der Waals surface area contributed by atoms with E-state index in [-0.39, 0.29) is 30.6 Å². The SMILES string of the molecule is CCCCO[C@H]1COC[C@H](NC(=O)c2nccc(OC)c2O)C(=O)O[C@@H](C)[C@@H]1OCC(C)C. The number of pyridine rings is 1. The first-order chi connectivity index (χ1) is 15.8. The molecule has 0 spiro atoms. The lowest BCUT2D eigenvalue weighted by molar-refractivity contribution is -0.169. The van der Waals surface area contributed by atoms with Gasteiger partial charge in [-0.1, -0.05) is 27.2 Å². The van der Waals surface area contributed by atoms with Gasteiger partial charge in [-0.3, -0.25) is 4.79 Å². The number of hydrogen-bond donors (Lipinski definition) is 2. The van der Waals surface area contributed by atoms with Gasteiger partial charge < -0.3 is 34.1 Å². The summed E-state index contributed by atoms with van der Waals surface area (Å²) in [6.45, 7) is 8.91. The highest BCUT2D eigenvalue weighted by atomic mass is 16.6. The van der Waals surface area contributed by atoms with E-state index >= 15 is 0 Å². The van der Waals surface area contributed by atoms with E-state index in [1.165, 1.54) is 19.4 Å². The van der Waals surface area contributed by atoms with Crippen LogP contribution >= 0.6 is 0 Å². The average molecular weight is 469 g/mol. The molecule has 1 aromatic rings. The van der Waals surface area contributed by atoms with Crippen LogP contribution in [0.15, 0.2) is 12.3 Å². The molecule has 1 aromatic heterocycles. The van der Waals surface area contributed by atoms with Crippen LogP contribution in [0.3, 0.4) is 0 Å². The van der Waals surface area contributed by atoms with E-state index in [9.17, 15) is 14.7 Å². The minimum atomic E-state index is -1.10. The van der Waals surface area contributed by atoms with E-state index in [1.54, 1.807) is 6.92 Å². The molecule has 10 heteroatoms. The van der Waals surface area contributed by atoms with Gasteiger partial charge in [0.2, 0.25) is 0 Å². The second-order valence-electron chi connectivity index (χ2n) is 8.37. The second-order valence-corrected chi connectivity index (χ2v) is 8.37. The maximum absolute atomic E-state index is 12.8. The smallest absolute Gasteiger partial charge is 0.331 e. The molecule has 0 aromatic carbocycles. The van der Waals surface area contributed by atoms with Gasteiger partial charge in [-0.15, -0.1) is 0 Å². The topological polar surface area (TPSA) is 125 Å². The van der Waals surface area contributed by atoms with E-state index in [1.807, 2.05) is 13.8 Å². The maximum Gasteiger partial charge on any atom is 0.331 e. The normalized spacial score (nSPS) is 23.9. The molecule has 186 valence electrons. The van der Waals surface area contributed by atoms with Gasteiger partial charge in [0, 0.05) is 25.5 Å². The monoisotopic (exact) mass is 468 g/mol. The summed E-state index contributed by atoms with van der Waals surface area (Å²) >= 11 is 0. The fourth-order valence-electron chi connectivity index (χ4n) is 3.26. The van der Waals surface area contributed by atoms with Crippen LogP contribution in [0.25, 0.3) is 0 Å². The number of aromatic hydroxyl groups is 1. The summed E-state index contributed by atoms with van der Waals surface area (Å²) in [7, 11) is 1.36. The highest BCUT2D eigenvalue weighted by Gasteiger charge is 2.36. The Hall–Kier alpha value is -2.43. The Balaban J connectivity index is 2.15. The summed E-state index contributed by atoms with van der Waals surface area (Å²) in [5, 5.41) is 12.7. The summed E-state index contributed by atoms with van der Waals surface area (Å²) < 4.78 is 28.4. The predicted octanol–water partition coefficient (Wildman–Crippen LogP) is 2.08. The number of carbonyl (C=O) groups is 2. The molecular weight excluding hydrogens is 432 g/mol. The lowest BCUT2D eigenvalue weighted by Gasteiger charge is -2.31. The summed E-state index contributed by atoms with van der Waals surface area (Å²) in [4.78, 5) is 29.4. The number of carbonyl (C=O) groups excluding carboxylic acids is 2. The summed E-state index contributed by atoms with van der Waals surface area (Å²) in [5.41, 5.74) is -0.269. The van der Waals surface area contributed by atoms with Gasteiger partial charge in [-0.25, -0.2) is 9.78 Å². The molecule has 0 bridgehead atoms. The molecule has 1 aliphatic heterocycles. The zero-order chi connectivity index (χ0) is 24.4. The Morgan fingerprint density at radius 1 is 1.33 bits per heavy atom. The van der Waals surface area contributed by atoms with Crippen LogP contribution in [0.4, 0.5) is 0 Å². The number of nitrogens with one attached hydrogen (secondary N) is 1. The minimum Gasteiger partial charge on any atom is -0.503 e. The van der Waals surface area contributed by atoms with Gasteiger partial charge in [-0.2, -0.15) is 0 Å². The summed E-state index contributed by atoms with van der Waals surface area (Å²) in [6, 6.07) is 0.314. The van der Waals surface area contributed by atoms with Gasteiger partial charge in [0.15, 0.2) is 23.2 Å². The van der Waals surface area contributed by atoms with Crippen LogP contribution < -0.4 is 10.1 Å². The summed E-state index contributed by atoms with van der Waals surface area (Å²) in [5.74, 6) is -1.48. The second kappa shape index (κ2) is 13.3. The number of amides is 1. The number of unbranched alkanes of at least 4 members (excludes halogenated alkanes) is 1. The van der Waals surface area contributed by atoms with Crippen molar-refractivity contribution >= 4 is 11.9 Å². The molecule has 1 fully saturated rings. The van der Waals surface area contributed by atoms with Crippen molar-refractivity contribution in [3.8, 4) is 11.5 Å². The van der Waals surface area contributed by atoms with Crippen LogP contribution in [-0.2, 0) is 23.7 Å². The Morgan fingerprint density at radius 3 is 2.76 bits per heavy atom. The molecule has 2 N–H and O–H groups in total. The maximum atomic E-state index is 12.8. The third kappa shape index (κ3) is 7.83. The van der Waals surface area contributed by atoms with Gasteiger partial charge in [-0.05, 0) is 19.3 Å². The van der Waals surface area contributed by atoms with E-state index < -0.39 is 42.0 Å². The third-order valence-electron chi connectivity index (χ3n) is 5.06. The average Bonchev–Trinajstić information content (AvgIpc) is 2.82. The van der Waals surface area contributed by atoms with Gasteiger partial charge in [0.1, 0.15) is 18.3 Å². The quantitative estimate of drug-likeness (QED) is 0.392.